The molecule has 0 fully saturated rings. The van der Waals surface area contributed by atoms with Crippen molar-refractivity contribution < 1.29 is 0 Å². The van der Waals surface area contributed by atoms with E-state index in [1.807, 2.05) is 12.3 Å². The first-order chi connectivity index (χ1) is 5.83. The molecule has 0 saturated carbocycles. The summed E-state index contributed by atoms with van der Waals surface area (Å²) in [5.41, 5.74) is 7.28. The monoisotopic (exact) mass is 216 g/mol. The SMILES string of the molecule is CSc1nccc2c(N)cnn12.Cl. The maximum absolute atomic E-state index is 5.68. The van der Waals surface area contributed by atoms with Crippen molar-refractivity contribution in [3.63, 3.8) is 0 Å². The summed E-state index contributed by atoms with van der Waals surface area (Å²) >= 11 is 1.55. The second-order valence-electron chi connectivity index (χ2n) is 2.33. The molecule has 0 aliphatic heterocycles. The maximum Gasteiger partial charge on any atom is 0.189 e. The zero-order valence-corrected chi connectivity index (χ0v) is 8.60. The Morgan fingerprint density at radius 2 is 2.31 bits per heavy atom. The number of hydrogen-bond acceptors (Lipinski definition) is 4. The van der Waals surface area contributed by atoms with Crippen LogP contribution >= 0.6 is 24.2 Å². The minimum Gasteiger partial charge on any atom is -0.396 e. The van der Waals surface area contributed by atoms with Crippen LogP contribution in [0, 0.1) is 0 Å². The molecule has 0 aromatic carbocycles. The van der Waals surface area contributed by atoms with Gasteiger partial charge in [0.2, 0.25) is 0 Å². The van der Waals surface area contributed by atoms with Crippen molar-refractivity contribution in [3.05, 3.63) is 18.5 Å². The van der Waals surface area contributed by atoms with Gasteiger partial charge in [-0.15, -0.1) is 12.4 Å². The van der Waals surface area contributed by atoms with Crippen LogP contribution in [-0.4, -0.2) is 20.9 Å². The number of rotatable bonds is 1. The summed E-state index contributed by atoms with van der Waals surface area (Å²) in [6.45, 7) is 0. The Morgan fingerprint density at radius 1 is 1.54 bits per heavy atom. The van der Waals surface area contributed by atoms with Crippen LogP contribution in [0.4, 0.5) is 5.69 Å². The number of anilines is 1. The molecule has 0 aliphatic rings. The summed E-state index contributed by atoms with van der Waals surface area (Å²) < 4.78 is 1.74. The minimum absolute atomic E-state index is 0. The molecular weight excluding hydrogens is 208 g/mol. The number of nitrogen functional groups attached to an aromatic ring is 1. The van der Waals surface area contributed by atoms with Crippen LogP contribution in [0.3, 0.4) is 0 Å². The van der Waals surface area contributed by atoms with Gasteiger partial charge in [0.1, 0.15) is 0 Å². The zero-order valence-electron chi connectivity index (χ0n) is 6.97. The molecule has 2 rings (SSSR count). The van der Waals surface area contributed by atoms with Crippen LogP contribution in [0.15, 0.2) is 23.6 Å². The molecule has 2 aromatic rings. The van der Waals surface area contributed by atoms with E-state index in [9.17, 15) is 0 Å². The van der Waals surface area contributed by atoms with Crippen molar-refractivity contribution in [3.8, 4) is 0 Å². The third-order valence-corrected chi connectivity index (χ3v) is 2.26. The number of hydrogen-bond donors (Lipinski definition) is 1. The topological polar surface area (TPSA) is 56.2 Å². The minimum atomic E-state index is 0. The molecule has 0 spiro atoms. The molecule has 0 atom stereocenters. The lowest BCUT2D eigenvalue weighted by Gasteiger charge is -1.98. The standard InChI is InChI=1S/C7H8N4S.ClH/c1-12-7-9-3-2-6-5(8)4-10-11(6)7;/h2-4H,8H2,1H3;1H. The van der Waals surface area contributed by atoms with E-state index < -0.39 is 0 Å². The number of thioether (sulfide) groups is 1. The molecule has 0 unspecified atom stereocenters. The van der Waals surface area contributed by atoms with Crippen LogP contribution in [0.1, 0.15) is 0 Å². The smallest absolute Gasteiger partial charge is 0.189 e. The summed E-state index contributed by atoms with van der Waals surface area (Å²) in [6, 6.07) is 1.85. The van der Waals surface area contributed by atoms with E-state index in [1.54, 1.807) is 28.7 Å². The van der Waals surface area contributed by atoms with Crippen molar-refractivity contribution in [1.82, 2.24) is 14.6 Å². The highest BCUT2D eigenvalue weighted by Gasteiger charge is 2.03. The molecule has 70 valence electrons. The summed E-state index contributed by atoms with van der Waals surface area (Å²) in [6.07, 6.45) is 5.33. The van der Waals surface area contributed by atoms with Gasteiger partial charge in [0.15, 0.2) is 5.16 Å². The van der Waals surface area contributed by atoms with Gasteiger partial charge in [0.25, 0.3) is 0 Å². The fourth-order valence-corrected chi connectivity index (χ4v) is 1.54. The predicted octanol–water partition coefficient (Wildman–Crippen LogP) is 1.46. The van der Waals surface area contributed by atoms with E-state index in [1.165, 1.54) is 0 Å². The van der Waals surface area contributed by atoms with Crippen molar-refractivity contribution in [2.45, 2.75) is 5.16 Å². The fraction of sp³-hybridized carbons (Fsp3) is 0.143. The molecule has 2 N–H and O–H groups in total. The van der Waals surface area contributed by atoms with Gasteiger partial charge in [0.05, 0.1) is 17.4 Å². The molecule has 0 bridgehead atoms. The van der Waals surface area contributed by atoms with Gasteiger partial charge in [-0.05, 0) is 12.3 Å². The first-order valence-electron chi connectivity index (χ1n) is 3.45. The number of nitrogens with two attached hydrogens (primary N) is 1. The number of halogens is 1. The molecule has 0 amide bonds. The van der Waals surface area contributed by atoms with Gasteiger partial charge >= 0.3 is 0 Å². The van der Waals surface area contributed by atoms with Crippen LogP contribution < -0.4 is 5.73 Å². The molecule has 0 aliphatic carbocycles. The van der Waals surface area contributed by atoms with Crippen molar-refractivity contribution in [2.24, 2.45) is 0 Å². The lowest BCUT2D eigenvalue weighted by atomic mass is 10.4. The highest BCUT2D eigenvalue weighted by molar-refractivity contribution is 7.98. The number of aromatic nitrogens is 3. The Hall–Kier alpha value is -0.940. The van der Waals surface area contributed by atoms with Crippen molar-refractivity contribution in [2.75, 3.05) is 12.0 Å². The van der Waals surface area contributed by atoms with E-state index >= 15 is 0 Å². The zero-order chi connectivity index (χ0) is 8.55. The third-order valence-electron chi connectivity index (χ3n) is 1.62. The first kappa shape index (κ1) is 10.1. The Morgan fingerprint density at radius 3 is 3.00 bits per heavy atom. The first-order valence-corrected chi connectivity index (χ1v) is 4.67. The van der Waals surface area contributed by atoms with E-state index in [4.69, 9.17) is 5.73 Å². The number of fused-ring (bicyclic) bond motifs is 1. The van der Waals surface area contributed by atoms with Gasteiger partial charge in [-0.2, -0.15) is 5.10 Å². The molecule has 6 heteroatoms. The largest absolute Gasteiger partial charge is 0.396 e. The molecular formula is C7H9ClN4S. The fourth-order valence-electron chi connectivity index (χ4n) is 1.06. The van der Waals surface area contributed by atoms with E-state index in [0.717, 1.165) is 10.7 Å². The van der Waals surface area contributed by atoms with Gasteiger partial charge in [-0.3, -0.25) is 0 Å². The summed E-state index contributed by atoms with van der Waals surface area (Å²) in [4.78, 5) is 4.15. The van der Waals surface area contributed by atoms with Crippen LogP contribution in [-0.2, 0) is 0 Å². The van der Waals surface area contributed by atoms with E-state index in [-0.39, 0.29) is 12.4 Å². The Bertz CT molecular complexity index is 414. The van der Waals surface area contributed by atoms with Gasteiger partial charge in [0, 0.05) is 6.20 Å². The van der Waals surface area contributed by atoms with Gasteiger partial charge in [-0.25, -0.2) is 9.50 Å². The molecule has 2 aromatic heterocycles. The summed E-state index contributed by atoms with van der Waals surface area (Å²) in [7, 11) is 0. The Balaban J connectivity index is 0.000000845. The van der Waals surface area contributed by atoms with Crippen molar-refractivity contribution in [1.29, 1.82) is 0 Å². The second-order valence-corrected chi connectivity index (χ2v) is 3.10. The Kier molecular flexibility index (Phi) is 3.00. The molecule has 0 saturated heterocycles. The normalized spacial score (nSPS) is 9.92. The van der Waals surface area contributed by atoms with Crippen LogP contribution in [0.2, 0.25) is 0 Å². The quantitative estimate of drug-likeness (QED) is 0.579. The lowest BCUT2D eigenvalue weighted by molar-refractivity contribution is 0.796. The second kappa shape index (κ2) is 3.85. The molecule has 0 radical (unpaired) electrons. The average molecular weight is 217 g/mol. The van der Waals surface area contributed by atoms with E-state index in [2.05, 4.69) is 10.1 Å². The lowest BCUT2D eigenvalue weighted by Crippen LogP contribution is -1.94. The highest BCUT2D eigenvalue weighted by Crippen LogP contribution is 2.17. The molecule has 4 nitrogen and oxygen atoms in total. The van der Waals surface area contributed by atoms with Crippen LogP contribution in [0.5, 0.6) is 0 Å². The van der Waals surface area contributed by atoms with Crippen LogP contribution in [0.25, 0.3) is 5.52 Å². The van der Waals surface area contributed by atoms with E-state index in [0.29, 0.717) is 5.69 Å². The highest BCUT2D eigenvalue weighted by atomic mass is 35.5. The molecule has 2 heterocycles. The maximum atomic E-state index is 5.68. The van der Waals surface area contributed by atoms with Gasteiger partial charge < -0.3 is 5.73 Å². The third kappa shape index (κ3) is 1.57. The average Bonchev–Trinajstić information content (AvgIpc) is 2.48. The molecule has 13 heavy (non-hydrogen) atoms. The predicted molar refractivity (Wildman–Crippen MR) is 56.4 cm³/mol. The van der Waals surface area contributed by atoms with Gasteiger partial charge in [-0.1, -0.05) is 11.8 Å². The number of nitrogens with zero attached hydrogens (tertiary/aromatic N) is 3. The summed E-state index contributed by atoms with van der Waals surface area (Å²) in [5.74, 6) is 0. The Labute approximate surface area is 85.9 Å². The summed E-state index contributed by atoms with van der Waals surface area (Å²) in [5, 5.41) is 4.95. The van der Waals surface area contributed by atoms with Crippen molar-refractivity contribution >= 4 is 35.4 Å².